The average Bonchev–Trinajstić information content (AvgIpc) is 2.35. The van der Waals surface area contributed by atoms with Crippen LogP contribution in [-0.2, 0) is 0 Å². The molecule has 2 rings (SSSR count). The van der Waals surface area contributed by atoms with Crippen LogP contribution in [0.2, 0.25) is 5.02 Å². The molecule has 1 aromatic heterocycles. The van der Waals surface area contributed by atoms with Crippen LogP contribution in [0.25, 0.3) is 0 Å². The maximum absolute atomic E-state index is 12.2. The Morgan fingerprint density at radius 3 is 2.68 bits per heavy atom. The Balaban J connectivity index is 2.28. The van der Waals surface area contributed by atoms with Crippen molar-refractivity contribution in [2.24, 2.45) is 0 Å². The third kappa shape index (κ3) is 3.00. The molecule has 0 saturated heterocycles. The highest BCUT2D eigenvalue weighted by molar-refractivity contribution is 6.34. The highest BCUT2D eigenvalue weighted by atomic mass is 35.5. The van der Waals surface area contributed by atoms with Crippen LogP contribution < -0.4 is 11.1 Å². The molecule has 3 N–H and O–H groups in total. The van der Waals surface area contributed by atoms with E-state index in [-0.39, 0.29) is 5.91 Å². The van der Waals surface area contributed by atoms with Gasteiger partial charge < -0.3 is 11.1 Å². The zero-order valence-corrected chi connectivity index (χ0v) is 11.3. The van der Waals surface area contributed by atoms with Crippen LogP contribution in [0.3, 0.4) is 0 Å². The van der Waals surface area contributed by atoms with Crippen LogP contribution in [0.1, 0.15) is 21.7 Å². The van der Waals surface area contributed by atoms with Gasteiger partial charge in [0.1, 0.15) is 0 Å². The molecular weight excluding hydrogens is 264 g/mol. The molecule has 0 aliphatic carbocycles. The number of rotatable bonds is 2. The SMILES string of the molecule is Cc1cc(C(=O)Nc2ccc(N)cc2Cl)c(C)nn1. The van der Waals surface area contributed by atoms with Crippen molar-refractivity contribution < 1.29 is 4.79 Å². The molecule has 1 heterocycles. The summed E-state index contributed by atoms with van der Waals surface area (Å²) in [6.07, 6.45) is 0. The molecule has 2 aromatic rings. The number of carbonyl (C=O) groups excluding carboxylic acids is 1. The molecular formula is C13H13ClN4O. The summed E-state index contributed by atoms with van der Waals surface area (Å²) in [4.78, 5) is 12.2. The monoisotopic (exact) mass is 276 g/mol. The van der Waals surface area contributed by atoms with Gasteiger partial charge in [-0.05, 0) is 38.1 Å². The summed E-state index contributed by atoms with van der Waals surface area (Å²) < 4.78 is 0. The van der Waals surface area contributed by atoms with Crippen molar-refractivity contribution >= 4 is 28.9 Å². The Hall–Kier alpha value is -2.14. The van der Waals surface area contributed by atoms with E-state index in [1.807, 2.05) is 0 Å². The van der Waals surface area contributed by atoms with E-state index in [9.17, 15) is 4.79 Å². The predicted octanol–water partition coefficient (Wildman–Crippen LogP) is 2.58. The third-order valence-electron chi connectivity index (χ3n) is 2.59. The second-order valence-corrected chi connectivity index (χ2v) is 4.59. The number of nitrogen functional groups attached to an aromatic ring is 1. The summed E-state index contributed by atoms with van der Waals surface area (Å²) in [6.45, 7) is 3.51. The van der Waals surface area contributed by atoms with E-state index in [1.165, 1.54) is 0 Å². The van der Waals surface area contributed by atoms with Crippen molar-refractivity contribution in [3.8, 4) is 0 Å². The van der Waals surface area contributed by atoms with Gasteiger partial charge in [-0.2, -0.15) is 10.2 Å². The standard InChI is InChI=1S/C13H13ClN4O/c1-7-5-10(8(2)18-17-7)13(19)16-12-4-3-9(15)6-11(12)14/h3-6H,15H2,1-2H3,(H,16,19). The molecule has 5 nitrogen and oxygen atoms in total. The van der Waals surface area contributed by atoms with Gasteiger partial charge in [0.2, 0.25) is 0 Å². The minimum atomic E-state index is -0.276. The van der Waals surface area contributed by atoms with E-state index in [1.54, 1.807) is 38.1 Å². The van der Waals surface area contributed by atoms with Crippen molar-refractivity contribution in [1.29, 1.82) is 0 Å². The highest BCUT2D eigenvalue weighted by Crippen LogP contribution is 2.24. The number of nitrogens with two attached hydrogens (primary N) is 1. The molecule has 0 spiro atoms. The molecule has 0 fully saturated rings. The zero-order chi connectivity index (χ0) is 14.0. The molecule has 0 radical (unpaired) electrons. The Morgan fingerprint density at radius 2 is 2.00 bits per heavy atom. The number of halogens is 1. The van der Waals surface area contributed by atoms with Crippen molar-refractivity contribution in [3.05, 3.63) is 46.2 Å². The fourth-order valence-corrected chi connectivity index (χ4v) is 1.84. The van der Waals surface area contributed by atoms with E-state index >= 15 is 0 Å². The van der Waals surface area contributed by atoms with Gasteiger partial charge in [-0.25, -0.2) is 0 Å². The average molecular weight is 277 g/mol. The zero-order valence-electron chi connectivity index (χ0n) is 10.6. The first-order valence-corrected chi connectivity index (χ1v) is 6.02. The molecule has 19 heavy (non-hydrogen) atoms. The van der Waals surface area contributed by atoms with Crippen LogP contribution in [0.15, 0.2) is 24.3 Å². The lowest BCUT2D eigenvalue weighted by atomic mass is 10.2. The van der Waals surface area contributed by atoms with Crippen molar-refractivity contribution in [2.75, 3.05) is 11.1 Å². The fraction of sp³-hybridized carbons (Fsp3) is 0.154. The number of carbonyl (C=O) groups is 1. The van der Waals surface area contributed by atoms with Gasteiger partial charge in [0.05, 0.1) is 27.7 Å². The van der Waals surface area contributed by atoms with Gasteiger partial charge >= 0.3 is 0 Å². The molecule has 0 bridgehead atoms. The number of nitrogens with zero attached hydrogens (tertiary/aromatic N) is 2. The quantitative estimate of drug-likeness (QED) is 0.826. The van der Waals surface area contributed by atoms with Crippen molar-refractivity contribution in [3.63, 3.8) is 0 Å². The van der Waals surface area contributed by atoms with E-state index in [4.69, 9.17) is 17.3 Å². The molecule has 1 aromatic carbocycles. The fourth-order valence-electron chi connectivity index (χ4n) is 1.60. The van der Waals surface area contributed by atoms with E-state index in [2.05, 4.69) is 15.5 Å². The van der Waals surface area contributed by atoms with Gasteiger partial charge in [0.25, 0.3) is 5.91 Å². The molecule has 98 valence electrons. The maximum Gasteiger partial charge on any atom is 0.257 e. The lowest BCUT2D eigenvalue weighted by Gasteiger charge is -2.09. The van der Waals surface area contributed by atoms with Gasteiger partial charge in [0.15, 0.2) is 0 Å². The summed E-state index contributed by atoms with van der Waals surface area (Å²) in [7, 11) is 0. The molecule has 0 aliphatic heterocycles. The van der Waals surface area contributed by atoms with Crippen LogP contribution in [-0.4, -0.2) is 16.1 Å². The minimum Gasteiger partial charge on any atom is -0.399 e. The van der Waals surface area contributed by atoms with Crippen molar-refractivity contribution in [2.45, 2.75) is 13.8 Å². The van der Waals surface area contributed by atoms with Crippen molar-refractivity contribution in [1.82, 2.24) is 10.2 Å². The summed E-state index contributed by atoms with van der Waals surface area (Å²) in [5.74, 6) is -0.276. The smallest absolute Gasteiger partial charge is 0.257 e. The highest BCUT2D eigenvalue weighted by Gasteiger charge is 2.12. The second kappa shape index (κ2) is 5.24. The Bertz CT molecular complexity index is 643. The molecule has 1 amide bonds. The van der Waals surface area contributed by atoms with Gasteiger partial charge in [-0.1, -0.05) is 11.6 Å². The summed E-state index contributed by atoms with van der Waals surface area (Å²) in [6, 6.07) is 6.60. The number of hydrogen-bond donors (Lipinski definition) is 2. The maximum atomic E-state index is 12.2. The Labute approximate surface area is 115 Å². The van der Waals surface area contributed by atoms with Gasteiger partial charge in [0, 0.05) is 5.69 Å². The third-order valence-corrected chi connectivity index (χ3v) is 2.90. The first-order chi connectivity index (χ1) is 8.97. The van der Waals surface area contributed by atoms with E-state index in [0.29, 0.717) is 33.3 Å². The van der Waals surface area contributed by atoms with E-state index in [0.717, 1.165) is 0 Å². The van der Waals surface area contributed by atoms with Gasteiger partial charge in [-0.15, -0.1) is 0 Å². The first kappa shape index (κ1) is 13.3. The molecule has 6 heteroatoms. The van der Waals surface area contributed by atoms with Crippen LogP contribution in [0.4, 0.5) is 11.4 Å². The number of benzene rings is 1. The number of aromatic nitrogens is 2. The van der Waals surface area contributed by atoms with Crippen LogP contribution in [0.5, 0.6) is 0 Å². The largest absolute Gasteiger partial charge is 0.399 e. The predicted molar refractivity (Wildman–Crippen MR) is 75.3 cm³/mol. The van der Waals surface area contributed by atoms with Crippen LogP contribution in [0, 0.1) is 13.8 Å². The normalized spacial score (nSPS) is 10.3. The topological polar surface area (TPSA) is 80.9 Å². The molecule has 0 atom stereocenters. The molecule has 0 aliphatic rings. The molecule has 0 saturated carbocycles. The minimum absolute atomic E-state index is 0.276. The lowest BCUT2D eigenvalue weighted by Crippen LogP contribution is -2.15. The van der Waals surface area contributed by atoms with Crippen LogP contribution >= 0.6 is 11.6 Å². The summed E-state index contributed by atoms with van der Waals surface area (Å²) in [5, 5.41) is 10.9. The summed E-state index contributed by atoms with van der Waals surface area (Å²) in [5.41, 5.74) is 8.37. The Kier molecular flexibility index (Phi) is 3.66. The number of anilines is 2. The number of hydrogen-bond acceptors (Lipinski definition) is 4. The Morgan fingerprint density at radius 1 is 1.26 bits per heavy atom. The van der Waals surface area contributed by atoms with Gasteiger partial charge in [-0.3, -0.25) is 4.79 Å². The first-order valence-electron chi connectivity index (χ1n) is 5.64. The number of nitrogens with one attached hydrogen (secondary N) is 1. The number of aryl methyl sites for hydroxylation is 2. The lowest BCUT2D eigenvalue weighted by molar-refractivity contribution is 0.102. The summed E-state index contributed by atoms with van der Waals surface area (Å²) >= 11 is 6.01. The number of amides is 1. The molecule has 0 unspecified atom stereocenters. The second-order valence-electron chi connectivity index (χ2n) is 4.18. The van der Waals surface area contributed by atoms with E-state index < -0.39 is 0 Å².